The molecule has 0 bridgehead atoms. The molecule has 1 aromatic heterocycles. The molecule has 0 saturated carbocycles. The Hall–Kier alpha value is -4.76. The summed E-state index contributed by atoms with van der Waals surface area (Å²) in [5.74, 6) is 4.69. The number of primary amides is 1. The lowest BCUT2D eigenvalue weighted by Crippen LogP contribution is -2.15. The molecule has 0 aliphatic carbocycles. The molecule has 1 amide bonds. The van der Waals surface area contributed by atoms with E-state index in [-0.39, 0.29) is 0 Å². The number of carbonyl (C=O) groups excluding carboxylic acids is 1. The number of nitrogens with two attached hydrogens (primary N) is 2. The Bertz CT molecular complexity index is 1370. The first kappa shape index (κ1) is 20.5. The van der Waals surface area contributed by atoms with E-state index in [9.17, 15) is 10.1 Å². The Morgan fingerprint density at radius 2 is 1.62 bits per heavy atom. The quantitative estimate of drug-likeness (QED) is 0.285. The number of hydrazone groups is 1. The molecule has 4 rings (SSSR count). The predicted octanol–water partition coefficient (Wildman–Crippen LogP) is 4.35. The molecule has 1 heterocycles. The molecular weight excluding hydrogens is 398 g/mol. The van der Waals surface area contributed by atoms with Crippen molar-refractivity contribution in [3.05, 3.63) is 102 Å². The van der Waals surface area contributed by atoms with Gasteiger partial charge in [0.15, 0.2) is 0 Å². The molecule has 4 aromatic rings. The number of aromatic nitrogens is 1. The highest BCUT2D eigenvalue weighted by Gasteiger charge is 2.18. The van der Waals surface area contributed by atoms with Crippen LogP contribution in [-0.4, -0.2) is 17.1 Å². The van der Waals surface area contributed by atoms with Gasteiger partial charge in [0.05, 0.1) is 29.1 Å². The summed E-state index contributed by atoms with van der Waals surface area (Å²) in [5, 5.41) is 12.9. The molecule has 0 aliphatic rings. The lowest BCUT2D eigenvalue weighted by atomic mass is 9.93. The SMILES string of the molecule is N#Cc1ccccc1-c1ccc(-c2ccnc(-c3cccc(C=NN)c3)c2C(N)=O)cc1. The molecule has 32 heavy (non-hydrogen) atoms. The topological polar surface area (TPSA) is 118 Å². The summed E-state index contributed by atoms with van der Waals surface area (Å²) in [5.41, 5.74) is 12.0. The van der Waals surface area contributed by atoms with Crippen molar-refractivity contribution in [3.8, 4) is 39.6 Å². The summed E-state index contributed by atoms with van der Waals surface area (Å²) in [7, 11) is 0. The van der Waals surface area contributed by atoms with Crippen LogP contribution < -0.4 is 11.6 Å². The van der Waals surface area contributed by atoms with E-state index in [1.165, 1.54) is 6.21 Å². The Balaban J connectivity index is 1.81. The maximum atomic E-state index is 12.5. The minimum atomic E-state index is -0.570. The van der Waals surface area contributed by atoms with Gasteiger partial charge in [-0.3, -0.25) is 9.78 Å². The van der Waals surface area contributed by atoms with Crippen molar-refractivity contribution in [3.63, 3.8) is 0 Å². The number of pyridine rings is 1. The number of rotatable bonds is 5. The van der Waals surface area contributed by atoms with Crippen LogP contribution in [0.3, 0.4) is 0 Å². The summed E-state index contributed by atoms with van der Waals surface area (Å²) >= 11 is 0. The summed E-state index contributed by atoms with van der Waals surface area (Å²) in [6.45, 7) is 0. The second-order valence-electron chi connectivity index (χ2n) is 7.08. The van der Waals surface area contributed by atoms with Crippen LogP contribution in [0.25, 0.3) is 33.5 Å². The average molecular weight is 417 g/mol. The van der Waals surface area contributed by atoms with Gasteiger partial charge in [0, 0.05) is 11.8 Å². The first-order valence-electron chi connectivity index (χ1n) is 9.85. The van der Waals surface area contributed by atoms with E-state index in [0.717, 1.165) is 27.8 Å². The summed E-state index contributed by atoms with van der Waals surface area (Å²) < 4.78 is 0. The highest BCUT2D eigenvalue weighted by molar-refractivity contribution is 6.05. The number of carbonyl (C=O) groups is 1. The van der Waals surface area contributed by atoms with Gasteiger partial charge in [-0.15, -0.1) is 0 Å². The van der Waals surface area contributed by atoms with E-state index in [1.54, 1.807) is 18.3 Å². The number of amides is 1. The molecule has 0 unspecified atom stereocenters. The van der Waals surface area contributed by atoms with Gasteiger partial charge in [-0.1, -0.05) is 60.7 Å². The Labute approximate surface area is 185 Å². The third kappa shape index (κ3) is 3.95. The van der Waals surface area contributed by atoms with Crippen molar-refractivity contribution in [2.45, 2.75) is 0 Å². The zero-order valence-corrected chi connectivity index (χ0v) is 17.1. The Morgan fingerprint density at radius 3 is 2.31 bits per heavy atom. The predicted molar refractivity (Wildman–Crippen MR) is 126 cm³/mol. The molecule has 3 aromatic carbocycles. The van der Waals surface area contributed by atoms with E-state index in [4.69, 9.17) is 11.6 Å². The second-order valence-corrected chi connectivity index (χ2v) is 7.08. The molecule has 0 aliphatic heterocycles. The van der Waals surface area contributed by atoms with Crippen molar-refractivity contribution in [2.24, 2.45) is 16.7 Å². The molecule has 4 N–H and O–H groups in total. The number of nitrogens with zero attached hydrogens (tertiary/aromatic N) is 3. The van der Waals surface area contributed by atoms with E-state index in [0.29, 0.717) is 22.4 Å². The fraction of sp³-hybridized carbons (Fsp3) is 0. The third-order valence-electron chi connectivity index (χ3n) is 5.14. The van der Waals surface area contributed by atoms with Gasteiger partial charge in [0.2, 0.25) is 0 Å². The van der Waals surface area contributed by atoms with Crippen LogP contribution in [0, 0.1) is 11.3 Å². The molecule has 0 saturated heterocycles. The van der Waals surface area contributed by atoms with Crippen LogP contribution in [0.2, 0.25) is 0 Å². The number of nitriles is 1. The van der Waals surface area contributed by atoms with Gasteiger partial charge < -0.3 is 11.6 Å². The van der Waals surface area contributed by atoms with Crippen LogP contribution in [0.4, 0.5) is 0 Å². The first-order chi connectivity index (χ1) is 15.6. The molecule has 0 atom stereocenters. The van der Waals surface area contributed by atoms with Gasteiger partial charge in [0.25, 0.3) is 5.91 Å². The van der Waals surface area contributed by atoms with Gasteiger partial charge in [-0.2, -0.15) is 10.4 Å². The second kappa shape index (κ2) is 8.94. The van der Waals surface area contributed by atoms with Crippen molar-refractivity contribution >= 4 is 12.1 Å². The number of hydrogen-bond donors (Lipinski definition) is 2. The maximum Gasteiger partial charge on any atom is 0.251 e. The molecule has 6 heteroatoms. The Morgan fingerprint density at radius 1 is 0.906 bits per heavy atom. The molecule has 6 nitrogen and oxygen atoms in total. The molecular formula is C26H19N5O. The highest BCUT2D eigenvalue weighted by atomic mass is 16.1. The smallest absolute Gasteiger partial charge is 0.251 e. The van der Waals surface area contributed by atoms with Gasteiger partial charge >= 0.3 is 0 Å². The number of benzene rings is 3. The molecule has 0 fully saturated rings. The number of hydrogen-bond acceptors (Lipinski definition) is 5. The molecule has 0 radical (unpaired) electrons. The minimum Gasteiger partial charge on any atom is -0.366 e. The monoisotopic (exact) mass is 417 g/mol. The average Bonchev–Trinajstić information content (AvgIpc) is 2.84. The standard InChI is InChI=1S/C26H19N5O/c27-15-21-5-1-2-7-22(21)18-8-10-19(11-9-18)23-12-13-30-25(24(23)26(28)32)20-6-3-4-17(14-20)16-31-29/h1-14,16H,29H2,(H2,28,32). The van der Waals surface area contributed by atoms with E-state index in [1.807, 2.05) is 66.7 Å². The van der Waals surface area contributed by atoms with Gasteiger partial charge in [-0.05, 0) is 46.0 Å². The Kier molecular flexibility index (Phi) is 5.73. The summed E-state index contributed by atoms with van der Waals surface area (Å²) in [6.07, 6.45) is 3.18. The largest absolute Gasteiger partial charge is 0.366 e. The van der Waals surface area contributed by atoms with Crippen LogP contribution >= 0.6 is 0 Å². The fourth-order valence-electron chi connectivity index (χ4n) is 3.68. The molecule has 0 spiro atoms. The van der Waals surface area contributed by atoms with Crippen LogP contribution in [-0.2, 0) is 0 Å². The van der Waals surface area contributed by atoms with Gasteiger partial charge in [0.1, 0.15) is 0 Å². The maximum absolute atomic E-state index is 12.5. The van der Waals surface area contributed by atoms with E-state index >= 15 is 0 Å². The van der Waals surface area contributed by atoms with Crippen molar-refractivity contribution in [1.82, 2.24) is 4.98 Å². The fourth-order valence-corrected chi connectivity index (χ4v) is 3.68. The lowest BCUT2D eigenvalue weighted by molar-refractivity contribution is 0.100. The van der Waals surface area contributed by atoms with Crippen LogP contribution in [0.5, 0.6) is 0 Å². The highest BCUT2D eigenvalue weighted by Crippen LogP contribution is 2.32. The van der Waals surface area contributed by atoms with E-state index in [2.05, 4.69) is 16.2 Å². The van der Waals surface area contributed by atoms with Crippen molar-refractivity contribution < 1.29 is 4.79 Å². The molecule has 154 valence electrons. The first-order valence-corrected chi connectivity index (χ1v) is 9.85. The normalized spacial score (nSPS) is 10.7. The zero-order chi connectivity index (χ0) is 22.5. The van der Waals surface area contributed by atoms with E-state index < -0.39 is 5.91 Å². The van der Waals surface area contributed by atoms with Crippen LogP contribution in [0.1, 0.15) is 21.5 Å². The van der Waals surface area contributed by atoms with Crippen molar-refractivity contribution in [2.75, 3.05) is 0 Å². The third-order valence-corrected chi connectivity index (χ3v) is 5.14. The minimum absolute atomic E-state index is 0.333. The summed E-state index contributed by atoms with van der Waals surface area (Å²) in [4.78, 5) is 16.9. The lowest BCUT2D eigenvalue weighted by Gasteiger charge is -2.13. The van der Waals surface area contributed by atoms with Gasteiger partial charge in [-0.25, -0.2) is 0 Å². The van der Waals surface area contributed by atoms with Crippen LogP contribution in [0.15, 0.2) is 90.2 Å². The van der Waals surface area contributed by atoms with Crippen molar-refractivity contribution in [1.29, 1.82) is 5.26 Å². The zero-order valence-electron chi connectivity index (χ0n) is 17.1. The summed E-state index contributed by atoms with van der Waals surface area (Å²) in [6, 6.07) is 26.5.